The van der Waals surface area contributed by atoms with Gasteiger partial charge in [-0.1, -0.05) is 182 Å². The molecular formula is C54H38Si2. The normalized spacial score (nSPS) is 11.2. The van der Waals surface area contributed by atoms with Crippen molar-refractivity contribution in [3.05, 3.63) is 228 Å². The first kappa shape index (κ1) is 35.3. The zero-order valence-electron chi connectivity index (χ0n) is 31.0. The minimum absolute atomic E-state index is 0.303. The van der Waals surface area contributed by atoms with Crippen LogP contribution < -0.4 is 0 Å². The summed E-state index contributed by atoms with van der Waals surface area (Å²) in [4.78, 5) is 0. The van der Waals surface area contributed by atoms with Crippen LogP contribution in [0.3, 0.4) is 0 Å². The summed E-state index contributed by atoms with van der Waals surface area (Å²) in [5.74, 6) is 8.11. The Hall–Kier alpha value is -6.43. The average Bonchev–Trinajstić information content (AvgIpc) is 3.26. The Bertz CT molecular complexity index is 2630. The van der Waals surface area contributed by atoms with Gasteiger partial charge in [-0.25, -0.2) is 0 Å². The van der Waals surface area contributed by atoms with E-state index < -0.39 is 0 Å². The molecule has 56 heavy (non-hydrogen) atoms. The molecule has 9 aromatic rings. The van der Waals surface area contributed by atoms with Gasteiger partial charge in [-0.15, -0.1) is 11.1 Å². The number of fused-ring (bicyclic) bond motifs is 4. The van der Waals surface area contributed by atoms with Crippen LogP contribution in [-0.4, -0.2) is 19.0 Å². The highest BCUT2D eigenvalue weighted by Crippen LogP contribution is 2.37. The summed E-state index contributed by atoms with van der Waals surface area (Å²) in [6.07, 6.45) is 0. The minimum atomic E-state index is 0.303. The van der Waals surface area contributed by atoms with Crippen LogP contribution in [0.25, 0.3) is 43.1 Å². The molecule has 9 aromatic carbocycles. The van der Waals surface area contributed by atoms with E-state index in [0.29, 0.717) is 30.9 Å². The lowest BCUT2D eigenvalue weighted by atomic mass is 9.90. The highest BCUT2D eigenvalue weighted by Gasteiger charge is 2.17. The van der Waals surface area contributed by atoms with E-state index in [1.54, 1.807) is 0 Å². The number of benzene rings is 9. The van der Waals surface area contributed by atoms with Crippen molar-refractivity contribution in [2.24, 2.45) is 0 Å². The third-order valence-corrected chi connectivity index (χ3v) is 12.6. The molecule has 0 spiro atoms. The molecule has 2 heteroatoms. The molecule has 0 fully saturated rings. The predicted octanol–water partition coefficient (Wildman–Crippen LogP) is 12.8. The summed E-state index contributed by atoms with van der Waals surface area (Å²) >= 11 is 0. The maximum Gasteiger partial charge on any atom is 0.149 e. The quantitative estimate of drug-likeness (QED) is 0.0826. The van der Waals surface area contributed by atoms with Crippen LogP contribution in [0.2, 0.25) is 12.1 Å². The lowest BCUT2D eigenvalue weighted by molar-refractivity contribution is 0.916. The van der Waals surface area contributed by atoms with E-state index in [-0.39, 0.29) is 0 Å². The third kappa shape index (κ3) is 7.46. The molecule has 0 amide bonds. The maximum atomic E-state index is 3.75. The Kier molecular flexibility index (Phi) is 10.4. The SMILES string of the molecule is C(#Cc1c2ccccc2c(C#C[Si]CC(c2ccccc2)c2ccccc2)c2cc3cc4ccccc4cc3cc12)[Si]CC(c1ccccc1)c1ccccc1. The van der Waals surface area contributed by atoms with E-state index in [1.165, 1.54) is 65.3 Å². The fraction of sp³-hybridized carbons (Fsp3) is 0.0741. The number of hydrogen-bond donors (Lipinski definition) is 0. The van der Waals surface area contributed by atoms with Crippen LogP contribution in [0.15, 0.2) is 194 Å². The Balaban J connectivity index is 1.13. The molecule has 0 saturated carbocycles. The standard InChI is InChI=1S/C54H38Si2/c1-5-17-39(18-6-1)53(40-19-7-2-8-20-40)37-55-31-29-49-47-27-15-16-28-48(47)50(52-36-46-34-44-26-14-13-25-43(44)33-45(46)35-51(49)52)30-32-56-38-54(41-21-9-3-10-22-41)42-23-11-4-12-24-42/h1-28,33-36,53-54H,37-38H2. The monoisotopic (exact) mass is 742 g/mol. The van der Waals surface area contributed by atoms with Gasteiger partial charge in [-0.3, -0.25) is 0 Å². The molecule has 0 atom stereocenters. The van der Waals surface area contributed by atoms with Crippen molar-refractivity contribution in [2.75, 3.05) is 0 Å². The summed E-state index contributed by atoms with van der Waals surface area (Å²) in [5, 5.41) is 9.61. The smallest absolute Gasteiger partial charge is 0.130 e. The van der Waals surface area contributed by atoms with Crippen molar-refractivity contribution in [3.8, 4) is 22.9 Å². The zero-order chi connectivity index (χ0) is 37.5. The molecule has 4 radical (unpaired) electrons. The Morgan fingerprint density at radius 2 is 0.643 bits per heavy atom. The second-order valence-electron chi connectivity index (χ2n) is 14.2. The van der Waals surface area contributed by atoms with Crippen molar-refractivity contribution >= 4 is 62.1 Å². The van der Waals surface area contributed by atoms with Crippen LogP contribution in [0, 0.1) is 22.9 Å². The van der Waals surface area contributed by atoms with E-state index in [2.05, 4.69) is 217 Å². The van der Waals surface area contributed by atoms with E-state index in [0.717, 1.165) is 23.2 Å². The van der Waals surface area contributed by atoms with E-state index in [9.17, 15) is 0 Å². The molecule has 0 heterocycles. The van der Waals surface area contributed by atoms with Gasteiger partial charge in [-0.2, -0.15) is 0 Å². The van der Waals surface area contributed by atoms with Gasteiger partial charge in [0.25, 0.3) is 0 Å². The van der Waals surface area contributed by atoms with Gasteiger partial charge in [0.2, 0.25) is 0 Å². The lowest BCUT2D eigenvalue weighted by Gasteiger charge is -2.16. The highest BCUT2D eigenvalue weighted by molar-refractivity contribution is 6.47. The molecule has 9 rings (SSSR count). The summed E-state index contributed by atoms with van der Waals surface area (Å²) < 4.78 is 0. The summed E-state index contributed by atoms with van der Waals surface area (Å²) in [6.45, 7) is 0. The molecule has 0 aromatic heterocycles. The molecule has 0 unspecified atom stereocenters. The molecule has 0 aliphatic rings. The van der Waals surface area contributed by atoms with Crippen molar-refractivity contribution in [1.29, 1.82) is 0 Å². The van der Waals surface area contributed by atoms with E-state index >= 15 is 0 Å². The molecule has 0 aliphatic heterocycles. The van der Waals surface area contributed by atoms with Gasteiger partial charge in [0, 0.05) is 23.0 Å². The maximum absolute atomic E-state index is 3.75. The van der Waals surface area contributed by atoms with Crippen LogP contribution in [0.4, 0.5) is 0 Å². The zero-order valence-corrected chi connectivity index (χ0v) is 33.0. The summed E-state index contributed by atoms with van der Waals surface area (Å²) in [5.41, 5.74) is 14.9. The molecular weight excluding hydrogens is 705 g/mol. The van der Waals surface area contributed by atoms with E-state index in [1.807, 2.05) is 0 Å². The fourth-order valence-electron chi connectivity index (χ4n) is 8.00. The molecule has 0 N–H and O–H groups in total. The van der Waals surface area contributed by atoms with Crippen LogP contribution >= 0.6 is 0 Å². The lowest BCUT2D eigenvalue weighted by Crippen LogP contribution is -2.04. The first-order chi connectivity index (χ1) is 27.8. The Morgan fingerprint density at radius 3 is 1.00 bits per heavy atom. The highest BCUT2D eigenvalue weighted by atomic mass is 28.2. The average molecular weight is 743 g/mol. The topological polar surface area (TPSA) is 0 Å². The third-order valence-electron chi connectivity index (χ3n) is 10.8. The van der Waals surface area contributed by atoms with Gasteiger partial charge >= 0.3 is 0 Å². The van der Waals surface area contributed by atoms with Gasteiger partial charge in [-0.05, 0) is 102 Å². The molecule has 0 nitrogen and oxygen atoms in total. The van der Waals surface area contributed by atoms with Crippen molar-refractivity contribution in [3.63, 3.8) is 0 Å². The first-order valence-corrected chi connectivity index (χ1v) is 21.7. The van der Waals surface area contributed by atoms with Crippen molar-refractivity contribution < 1.29 is 0 Å². The second-order valence-corrected chi connectivity index (χ2v) is 16.3. The van der Waals surface area contributed by atoms with Crippen LogP contribution in [0.5, 0.6) is 0 Å². The second kappa shape index (κ2) is 16.5. The fourth-order valence-corrected chi connectivity index (χ4v) is 9.98. The van der Waals surface area contributed by atoms with E-state index in [4.69, 9.17) is 0 Å². The van der Waals surface area contributed by atoms with Crippen molar-refractivity contribution in [2.45, 2.75) is 23.9 Å². The summed E-state index contributed by atoms with van der Waals surface area (Å²) in [7, 11) is 0.965. The van der Waals surface area contributed by atoms with Gasteiger partial charge in [0.1, 0.15) is 19.0 Å². The summed E-state index contributed by atoms with van der Waals surface area (Å²) in [6, 6.07) is 72.2. The molecule has 262 valence electrons. The Morgan fingerprint density at radius 1 is 0.321 bits per heavy atom. The molecule has 0 aliphatic carbocycles. The largest absolute Gasteiger partial charge is 0.149 e. The molecule has 0 saturated heterocycles. The van der Waals surface area contributed by atoms with Crippen molar-refractivity contribution in [1.82, 2.24) is 0 Å². The Labute approximate surface area is 334 Å². The number of hydrogen-bond acceptors (Lipinski definition) is 0. The van der Waals surface area contributed by atoms with Crippen LogP contribution in [-0.2, 0) is 0 Å². The van der Waals surface area contributed by atoms with Gasteiger partial charge in [0.15, 0.2) is 0 Å². The van der Waals surface area contributed by atoms with Gasteiger partial charge in [0.05, 0.1) is 0 Å². The predicted molar refractivity (Wildman–Crippen MR) is 241 cm³/mol. The van der Waals surface area contributed by atoms with Gasteiger partial charge < -0.3 is 0 Å². The van der Waals surface area contributed by atoms with Crippen LogP contribution in [0.1, 0.15) is 45.2 Å². The number of rotatable bonds is 8. The minimum Gasteiger partial charge on any atom is -0.130 e. The first-order valence-electron chi connectivity index (χ1n) is 19.3. The molecule has 0 bridgehead atoms.